The van der Waals surface area contributed by atoms with E-state index in [1.165, 1.54) is 5.69 Å². The van der Waals surface area contributed by atoms with E-state index < -0.39 is 0 Å². The molecule has 120 valence electrons. The Labute approximate surface area is 140 Å². The molecule has 3 rings (SSSR count). The molecule has 0 aromatic heterocycles. The lowest BCUT2D eigenvalue weighted by molar-refractivity contribution is -0.123. The van der Waals surface area contributed by atoms with Crippen molar-refractivity contribution in [3.63, 3.8) is 0 Å². The van der Waals surface area contributed by atoms with Gasteiger partial charge in [0.15, 0.2) is 0 Å². The van der Waals surface area contributed by atoms with Crippen molar-refractivity contribution in [1.82, 2.24) is 5.32 Å². The van der Waals surface area contributed by atoms with Gasteiger partial charge in [-0.2, -0.15) is 0 Å². The molecule has 1 aromatic carbocycles. The highest BCUT2D eigenvalue weighted by Gasteiger charge is 2.24. The number of amides is 1. The third kappa shape index (κ3) is 4.23. The summed E-state index contributed by atoms with van der Waals surface area (Å²) >= 11 is 3.52. The van der Waals surface area contributed by atoms with Gasteiger partial charge in [0.2, 0.25) is 5.91 Å². The fraction of sp³-hybridized carbons (Fsp3) is 0.588. The second-order valence-electron chi connectivity index (χ2n) is 6.22. The highest BCUT2D eigenvalue weighted by Crippen LogP contribution is 2.26. The van der Waals surface area contributed by atoms with Gasteiger partial charge in [0.05, 0.1) is 12.5 Å². The Kier molecular flexibility index (Phi) is 5.37. The van der Waals surface area contributed by atoms with Crippen LogP contribution in [-0.4, -0.2) is 38.3 Å². The van der Waals surface area contributed by atoms with Crippen LogP contribution in [0.4, 0.5) is 5.69 Å². The van der Waals surface area contributed by atoms with Crippen LogP contribution in [0.25, 0.3) is 0 Å². The first kappa shape index (κ1) is 15.8. The van der Waals surface area contributed by atoms with E-state index in [4.69, 9.17) is 4.74 Å². The lowest BCUT2D eigenvalue weighted by atomic mass is 10.1. The molecule has 0 saturated carbocycles. The number of carbonyl (C=O) groups is 1. The number of hydrogen-bond acceptors (Lipinski definition) is 3. The number of carbonyl (C=O) groups excluding carboxylic acids is 1. The molecule has 1 aromatic rings. The average Bonchev–Trinajstić information content (AvgIpc) is 3.16. The van der Waals surface area contributed by atoms with E-state index in [0.29, 0.717) is 12.3 Å². The zero-order chi connectivity index (χ0) is 15.4. The predicted octanol–water partition coefficient (Wildman–Crippen LogP) is 2.96. The van der Waals surface area contributed by atoms with Crippen LogP contribution in [0.5, 0.6) is 0 Å². The van der Waals surface area contributed by atoms with E-state index in [1.54, 1.807) is 0 Å². The number of ether oxygens (including phenoxy) is 1. The van der Waals surface area contributed by atoms with Gasteiger partial charge in [0, 0.05) is 36.4 Å². The molecular formula is C17H23BrN2O2. The van der Waals surface area contributed by atoms with Gasteiger partial charge in [-0.25, -0.2) is 0 Å². The Bertz CT molecular complexity index is 517. The number of hydrogen-bond donors (Lipinski definition) is 1. The van der Waals surface area contributed by atoms with E-state index in [1.807, 2.05) is 6.07 Å². The quantitative estimate of drug-likeness (QED) is 0.870. The van der Waals surface area contributed by atoms with E-state index in [2.05, 4.69) is 44.3 Å². The molecule has 1 N–H and O–H groups in total. The zero-order valence-corrected chi connectivity index (χ0v) is 14.3. The van der Waals surface area contributed by atoms with Gasteiger partial charge in [-0.1, -0.05) is 22.0 Å². The maximum atomic E-state index is 11.9. The molecule has 2 saturated heterocycles. The van der Waals surface area contributed by atoms with Crippen LogP contribution < -0.4 is 10.2 Å². The van der Waals surface area contributed by atoms with Gasteiger partial charge in [-0.3, -0.25) is 4.79 Å². The molecular weight excluding hydrogens is 344 g/mol. The fourth-order valence-corrected chi connectivity index (χ4v) is 3.64. The molecule has 2 fully saturated rings. The van der Waals surface area contributed by atoms with Crippen molar-refractivity contribution in [3.8, 4) is 0 Å². The molecule has 22 heavy (non-hydrogen) atoms. The number of nitrogens with zero attached hydrogens (tertiary/aromatic N) is 1. The summed E-state index contributed by atoms with van der Waals surface area (Å²) in [4.78, 5) is 14.3. The topological polar surface area (TPSA) is 41.6 Å². The smallest absolute Gasteiger partial charge is 0.222 e. The van der Waals surface area contributed by atoms with Crippen molar-refractivity contribution in [2.24, 2.45) is 5.92 Å². The minimum atomic E-state index is 0.132. The van der Waals surface area contributed by atoms with Gasteiger partial charge < -0.3 is 15.0 Å². The van der Waals surface area contributed by atoms with Crippen LogP contribution in [0.3, 0.4) is 0 Å². The van der Waals surface area contributed by atoms with Crippen molar-refractivity contribution in [1.29, 1.82) is 0 Å². The molecule has 0 bridgehead atoms. The maximum absolute atomic E-state index is 11.9. The Balaban J connectivity index is 1.42. The Morgan fingerprint density at radius 1 is 1.41 bits per heavy atom. The van der Waals surface area contributed by atoms with Crippen molar-refractivity contribution in [2.75, 3.05) is 31.1 Å². The van der Waals surface area contributed by atoms with Gasteiger partial charge in [0.25, 0.3) is 0 Å². The first-order valence-corrected chi connectivity index (χ1v) is 8.89. The lowest BCUT2D eigenvalue weighted by Gasteiger charge is -2.19. The summed E-state index contributed by atoms with van der Waals surface area (Å²) in [5.41, 5.74) is 1.25. The maximum Gasteiger partial charge on any atom is 0.222 e. The molecule has 1 amide bonds. The first-order valence-electron chi connectivity index (χ1n) is 8.09. The van der Waals surface area contributed by atoms with Crippen molar-refractivity contribution in [3.05, 3.63) is 28.7 Å². The van der Waals surface area contributed by atoms with Crippen LogP contribution in [0.15, 0.2) is 28.7 Å². The lowest BCUT2D eigenvalue weighted by Crippen LogP contribution is -2.32. The number of halogens is 1. The summed E-state index contributed by atoms with van der Waals surface area (Å²) in [6, 6.07) is 8.40. The SMILES string of the molecule is O=C(CC1CCCO1)NCC1CCN(c2cccc(Br)c2)C1. The van der Waals surface area contributed by atoms with Crippen LogP contribution >= 0.6 is 15.9 Å². The molecule has 2 aliphatic rings. The number of rotatable bonds is 5. The Morgan fingerprint density at radius 2 is 2.32 bits per heavy atom. The zero-order valence-electron chi connectivity index (χ0n) is 12.8. The van der Waals surface area contributed by atoms with E-state index >= 15 is 0 Å². The average molecular weight is 367 g/mol. The van der Waals surface area contributed by atoms with Gasteiger partial charge in [0.1, 0.15) is 0 Å². The van der Waals surface area contributed by atoms with Crippen molar-refractivity contribution in [2.45, 2.75) is 31.8 Å². The molecule has 2 aliphatic heterocycles. The predicted molar refractivity (Wildman–Crippen MR) is 91.1 cm³/mol. The molecule has 2 unspecified atom stereocenters. The van der Waals surface area contributed by atoms with Gasteiger partial charge in [-0.05, 0) is 43.4 Å². The van der Waals surface area contributed by atoms with E-state index in [0.717, 1.165) is 50.0 Å². The van der Waals surface area contributed by atoms with Crippen LogP contribution in [0.1, 0.15) is 25.7 Å². The number of nitrogens with one attached hydrogen (secondary N) is 1. The third-order valence-corrected chi connectivity index (χ3v) is 4.98. The normalized spacial score (nSPS) is 24.7. The second kappa shape index (κ2) is 7.47. The summed E-state index contributed by atoms with van der Waals surface area (Å²) in [5.74, 6) is 0.667. The minimum Gasteiger partial charge on any atom is -0.378 e. The molecule has 0 radical (unpaired) electrons. The molecule has 0 spiro atoms. The summed E-state index contributed by atoms with van der Waals surface area (Å²) in [6.07, 6.45) is 3.89. The summed E-state index contributed by atoms with van der Waals surface area (Å²) in [7, 11) is 0. The molecule has 4 nitrogen and oxygen atoms in total. The number of benzene rings is 1. The molecule has 0 aliphatic carbocycles. The largest absolute Gasteiger partial charge is 0.378 e. The van der Waals surface area contributed by atoms with Crippen molar-refractivity contribution < 1.29 is 9.53 Å². The van der Waals surface area contributed by atoms with Crippen LogP contribution in [-0.2, 0) is 9.53 Å². The van der Waals surface area contributed by atoms with Crippen LogP contribution in [0.2, 0.25) is 0 Å². The first-order chi connectivity index (χ1) is 10.7. The molecule has 2 atom stereocenters. The second-order valence-corrected chi connectivity index (χ2v) is 7.14. The summed E-state index contributed by atoms with van der Waals surface area (Å²) < 4.78 is 6.62. The molecule has 2 heterocycles. The number of anilines is 1. The Morgan fingerprint density at radius 3 is 3.09 bits per heavy atom. The standard InChI is InChI=1S/C17H23BrN2O2/c18-14-3-1-4-15(9-14)20-7-6-13(12-20)11-19-17(21)10-16-5-2-8-22-16/h1,3-4,9,13,16H,2,5-8,10-12H2,(H,19,21). The highest BCUT2D eigenvalue weighted by atomic mass is 79.9. The van der Waals surface area contributed by atoms with E-state index in [-0.39, 0.29) is 12.0 Å². The van der Waals surface area contributed by atoms with E-state index in [9.17, 15) is 4.79 Å². The fourth-order valence-electron chi connectivity index (χ4n) is 3.25. The summed E-state index contributed by atoms with van der Waals surface area (Å²) in [6.45, 7) is 3.65. The van der Waals surface area contributed by atoms with Crippen molar-refractivity contribution >= 4 is 27.5 Å². The monoisotopic (exact) mass is 366 g/mol. The highest BCUT2D eigenvalue weighted by molar-refractivity contribution is 9.10. The Hall–Kier alpha value is -1.07. The van der Waals surface area contributed by atoms with Gasteiger partial charge in [-0.15, -0.1) is 0 Å². The third-order valence-electron chi connectivity index (χ3n) is 4.48. The summed E-state index contributed by atoms with van der Waals surface area (Å²) in [5, 5.41) is 3.08. The van der Waals surface area contributed by atoms with Crippen LogP contribution in [0, 0.1) is 5.92 Å². The minimum absolute atomic E-state index is 0.132. The molecule has 5 heteroatoms. The van der Waals surface area contributed by atoms with Gasteiger partial charge >= 0.3 is 0 Å².